The van der Waals surface area contributed by atoms with E-state index < -0.39 is 5.67 Å². The van der Waals surface area contributed by atoms with Crippen molar-refractivity contribution in [1.82, 2.24) is 5.32 Å². The van der Waals surface area contributed by atoms with Crippen LogP contribution >= 0.6 is 0 Å². The average Bonchev–Trinajstić information content (AvgIpc) is 2.32. The first kappa shape index (κ1) is 13.3. The van der Waals surface area contributed by atoms with E-state index in [1.54, 1.807) is 13.8 Å². The molecule has 1 aromatic carbocycles. The van der Waals surface area contributed by atoms with Crippen LogP contribution in [0.4, 0.5) is 10.1 Å². The van der Waals surface area contributed by atoms with Gasteiger partial charge in [0.25, 0.3) is 0 Å². The van der Waals surface area contributed by atoms with Crippen LogP contribution < -0.4 is 10.6 Å². The lowest BCUT2D eigenvalue weighted by molar-refractivity contribution is 0.221. The lowest BCUT2D eigenvalue weighted by atomic mass is 9.97. The van der Waals surface area contributed by atoms with E-state index in [9.17, 15) is 4.39 Å². The summed E-state index contributed by atoms with van der Waals surface area (Å²) in [6, 6.07) is 6.31. The summed E-state index contributed by atoms with van der Waals surface area (Å²) in [6.45, 7) is 7.36. The molecule has 1 aliphatic rings. The van der Waals surface area contributed by atoms with Gasteiger partial charge in [0.2, 0.25) is 0 Å². The van der Waals surface area contributed by atoms with Crippen molar-refractivity contribution >= 4 is 5.69 Å². The predicted molar refractivity (Wildman–Crippen MR) is 74.8 cm³/mol. The number of hydrogen-bond acceptors (Lipinski definition) is 2. The first-order valence-electron chi connectivity index (χ1n) is 6.74. The van der Waals surface area contributed by atoms with Crippen LogP contribution in [0.25, 0.3) is 0 Å². The minimum absolute atomic E-state index is 0.488. The number of aryl methyl sites for hydroxylation is 1. The molecule has 2 nitrogen and oxygen atoms in total. The zero-order valence-corrected chi connectivity index (χ0v) is 11.5. The monoisotopic (exact) mass is 250 g/mol. The summed E-state index contributed by atoms with van der Waals surface area (Å²) in [4.78, 5) is 0. The molecule has 1 heterocycles. The fourth-order valence-corrected chi connectivity index (χ4v) is 2.39. The number of anilines is 1. The number of alkyl halides is 1. The summed E-state index contributed by atoms with van der Waals surface area (Å²) in [5.41, 5.74) is 1.71. The van der Waals surface area contributed by atoms with Crippen molar-refractivity contribution in [3.05, 3.63) is 29.3 Å². The van der Waals surface area contributed by atoms with Crippen LogP contribution in [0.1, 0.15) is 37.8 Å². The first-order chi connectivity index (χ1) is 8.47. The van der Waals surface area contributed by atoms with Crippen molar-refractivity contribution in [2.24, 2.45) is 0 Å². The Balaban J connectivity index is 2.09. The van der Waals surface area contributed by atoms with Crippen LogP contribution in [-0.2, 0) is 5.67 Å². The standard InChI is InChI=1S/C15H23FN2/c1-11-9-12(15(2,3)16)6-7-14(11)18-13-5-4-8-17-10-13/h6-7,9,13,17-18H,4-5,8,10H2,1-3H3. The SMILES string of the molecule is Cc1cc(C(C)(C)F)ccc1NC1CCCNC1. The maximum atomic E-state index is 13.9. The zero-order chi connectivity index (χ0) is 13.2. The Kier molecular flexibility index (Phi) is 3.91. The van der Waals surface area contributed by atoms with E-state index in [2.05, 4.69) is 10.6 Å². The topological polar surface area (TPSA) is 24.1 Å². The van der Waals surface area contributed by atoms with E-state index in [0.717, 1.165) is 29.9 Å². The third-order valence-electron chi connectivity index (χ3n) is 3.57. The summed E-state index contributed by atoms with van der Waals surface area (Å²) >= 11 is 0. The predicted octanol–water partition coefficient (Wildman–Crippen LogP) is 3.36. The molecule has 1 aromatic rings. The van der Waals surface area contributed by atoms with Crippen LogP contribution in [0.3, 0.4) is 0 Å². The highest BCUT2D eigenvalue weighted by Gasteiger charge is 2.20. The third kappa shape index (κ3) is 3.22. The number of nitrogens with one attached hydrogen (secondary N) is 2. The Bertz CT molecular complexity index is 403. The molecule has 1 fully saturated rings. The van der Waals surface area contributed by atoms with Crippen molar-refractivity contribution in [3.8, 4) is 0 Å². The van der Waals surface area contributed by atoms with Gasteiger partial charge in [0.1, 0.15) is 5.67 Å². The Labute approximate surface area is 109 Å². The van der Waals surface area contributed by atoms with E-state index in [1.165, 1.54) is 12.8 Å². The number of hydrogen-bond donors (Lipinski definition) is 2. The second-order valence-electron chi connectivity index (χ2n) is 5.69. The Morgan fingerprint density at radius 2 is 2.17 bits per heavy atom. The minimum atomic E-state index is -1.27. The van der Waals surface area contributed by atoms with Crippen LogP contribution in [0.15, 0.2) is 18.2 Å². The Hall–Kier alpha value is -1.09. The molecule has 18 heavy (non-hydrogen) atoms. The van der Waals surface area contributed by atoms with Gasteiger partial charge in [-0.2, -0.15) is 0 Å². The molecule has 0 spiro atoms. The highest BCUT2D eigenvalue weighted by molar-refractivity contribution is 5.53. The fraction of sp³-hybridized carbons (Fsp3) is 0.600. The summed E-state index contributed by atoms with van der Waals surface area (Å²) in [5, 5.41) is 6.93. The second-order valence-corrected chi connectivity index (χ2v) is 5.69. The van der Waals surface area contributed by atoms with Gasteiger partial charge >= 0.3 is 0 Å². The zero-order valence-electron chi connectivity index (χ0n) is 11.5. The van der Waals surface area contributed by atoms with Gasteiger partial charge in [0, 0.05) is 18.3 Å². The Morgan fingerprint density at radius 3 is 2.72 bits per heavy atom. The molecular weight excluding hydrogens is 227 g/mol. The third-order valence-corrected chi connectivity index (χ3v) is 3.57. The van der Waals surface area contributed by atoms with Crippen LogP contribution in [0.2, 0.25) is 0 Å². The molecule has 0 aliphatic carbocycles. The molecule has 0 bridgehead atoms. The fourth-order valence-electron chi connectivity index (χ4n) is 2.39. The van der Waals surface area contributed by atoms with E-state index in [0.29, 0.717) is 6.04 Å². The van der Waals surface area contributed by atoms with Crippen LogP contribution in [-0.4, -0.2) is 19.1 Å². The highest BCUT2D eigenvalue weighted by atomic mass is 19.1. The Morgan fingerprint density at radius 1 is 1.39 bits per heavy atom. The van der Waals surface area contributed by atoms with Crippen molar-refractivity contribution in [3.63, 3.8) is 0 Å². The number of piperidine rings is 1. The van der Waals surface area contributed by atoms with E-state index in [4.69, 9.17) is 0 Å². The van der Waals surface area contributed by atoms with Crippen molar-refractivity contribution in [1.29, 1.82) is 0 Å². The molecular formula is C15H23FN2. The number of halogens is 1. The van der Waals surface area contributed by atoms with Gasteiger partial charge in [-0.1, -0.05) is 12.1 Å². The molecule has 1 saturated heterocycles. The molecule has 1 atom stereocenters. The molecule has 0 aromatic heterocycles. The first-order valence-corrected chi connectivity index (χ1v) is 6.74. The lowest BCUT2D eigenvalue weighted by Crippen LogP contribution is -2.38. The van der Waals surface area contributed by atoms with E-state index >= 15 is 0 Å². The van der Waals surface area contributed by atoms with Gasteiger partial charge in [-0.05, 0) is 57.4 Å². The molecule has 3 heteroatoms. The van der Waals surface area contributed by atoms with Crippen molar-refractivity contribution in [2.45, 2.75) is 45.3 Å². The smallest absolute Gasteiger partial charge is 0.130 e. The highest BCUT2D eigenvalue weighted by Crippen LogP contribution is 2.28. The molecule has 0 saturated carbocycles. The molecule has 2 rings (SSSR count). The van der Waals surface area contributed by atoms with Gasteiger partial charge in [-0.3, -0.25) is 0 Å². The van der Waals surface area contributed by atoms with E-state index in [-0.39, 0.29) is 0 Å². The number of benzene rings is 1. The van der Waals surface area contributed by atoms with Crippen LogP contribution in [0.5, 0.6) is 0 Å². The molecule has 0 amide bonds. The maximum Gasteiger partial charge on any atom is 0.130 e. The number of rotatable bonds is 3. The minimum Gasteiger partial charge on any atom is -0.381 e. The largest absolute Gasteiger partial charge is 0.381 e. The summed E-state index contributed by atoms with van der Waals surface area (Å²) < 4.78 is 13.9. The molecule has 1 unspecified atom stereocenters. The average molecular weight is 250 g/mol. The van der Waals surface area contributed by atoms with E-state index in [1.807, 2.05) is 25.1 Å². The van der Waals surface area contributed by atoms with Gasteiger partial charge < -0.3 is 10.6 Å². The second kappa shape index (κ2) is 5.27. The van der Waals surface area contributed by atoms with Crippen LogP contribution in [0, 0.1) is 6.92 Å². The molecule has 100 valence electrons. The summed E-state index contributed by atoms with van der Waals surface area (Å²) in [6.07, 6.45) is 2.41. The van der Waals surface area contributed by atoms with Gasteiger partial charge in [0.05, 0.1) is 0 Å². The summed E-state index contributed by atoms with van der Waals surface area (Å²) in [7, 11) is 0. The molecule has 0 radical (unpaired) electrons. The lowest BCUT2D eigenvalue weighted by Gasteiger charge is -2.26. The van der Waals surface area contributed by atoms with Crippen molar-refractivity contribution < 1.29 is 4.39 Å². The van der Waals surface area contributed by atoms with Gasteiger partial charge in [-0.15, -0.1) is 0 Å². The van der Waals surface area contributed by atoms with Crippen molar-refractivity contribution in [2.75, 3.05) is 18.4 Å². The quantitative estimate of drug-likeness (QED) is 0.859. The summed E-state index contributed by atoms with van der Waals surface area (Å²) in [5.74, 6) is 0. The van der Waals surface area contributed by atoms with Gasteiger partial charge in [0.15, 0.2) is 0 Å². The van der Waals surface area contributed by atoms with Gasteiger partial charge in [-0.25, -0.2) is 4.39 Å². The normalized spacial score (nSPS) is 20.8. The maximum absolute atomic E-state index is 13.9. The molecule has 1 aliphatic heterocycles. The molecule has 2 N–H and O–H groups in total.